The van der Waals surface area contributed by atoms with Gasteiger partial charge in [-0.2, -0.15) is 4.98 Å². The van der Waals surface area contributed by atoms with E-state index >= 15 is 0 Å². The normalized spacial score (nSPS) is 23.2. The quantitative estimate of drug-likeness (QED) is 0.873. The van der Waals surface area contributed by atoms with Gasteiger partial charge in [0.15, 0.2) is 0 Å². The summed E-state index contributed by atoms with van der Waals surface area (Å²) in [6.07, 6.45) is 4.00. The number of nitrogens with zero attached hydrogens (tertiary/aromatic N) is 2. The van der Waals surface area contributed by atoms with Crippen LogP contribution in [0.15, 0.2) is 29.1 Å². The second kappa shape index (κ2) is 6.23. The lowest BCUT2D eigenvalue weighted by molar-refractivity contribution is -0.152. The van der Waals surface area contributed by atoms with Crippen LogP contribution in [0.5, 0.6) is 0 Å². The number of rotatable bonds is 4. The van der Waals surface area contributed by atoms with Crippen LogP contribution in [0.1, 0.15) is 42.6 Å². The average molecular weight is 355 g/mol. The van der Waals surface area contributed by atoms with E-state index in [1.54, 1.807) is 29.2 Å². The summed E-state index contributed by atoms with van der Waals surface area (Å²) in [7, 11) is 0. The zero-order chi connectivity index (χ0) is 18.3. The van der Waals surface area contributed by atoms with E-state index in [2.05, 4.69) is 9.97 Å². The molecule has 1 aromatic carbocycles. The lowest BCUT2D eigenvalue weighted by Gasteiger charge is -2.40. The summed E-state index contributed by atoms with van der Waals surface area (Å²) in [6.45, 7) is 0.668. The van der Waals surface area contributed by atoms with E-state index in [-0.39, 0.29) is 18.1 Å². The summed E-state index contributed by atoms with van der Waals surface area (Å²) in [5, 5.41) is 10.4. The van der Waals surface area contributed by atoms with Gasteiger partial charge in [0.1, 0.15) is 5.69 Å². The first-order chi connectivity index (χ1) is 12.5. The Bertz CT molecular complexity index is 934. The van der Waals surface area contributed by atoms with Crippen LogP contribution in [0.3, 0.4) is 0 Å². The molecule has 2 N–H and O–H groups in total. The molecule has 26 heavy (non-hydrogen) atoms. The van der Waals surface area contributed by atoms with E-state index in [1.165, 1.54) is 0 Å². The molecule has 1 aliphatic carbocycles. The van der Waals surface area contributed by atoms with Crippen LogP contribution in [-0.2, 0) is 4.79 Å². The molecule has 0 spiro atoms. The third-order valence-corrected chi connectivity index (χ3v) is 5.53. The van der Waals surface area contributed by atoms with E-state index in [0.717, 1.165) is 12.8 Å². The molecule has 1 amide bonds. The lowest BCUT2D eigenvalue weighted by atomic mass is 9.75. The first-order valence-corrected chi connectivity index (χ1v) is 9.00. The van der Waals surface area contributed by atoms with Gasteiger partial charge in [-0.15, -0.1) is 0 Å². The van der Waals surface area contributed by atoms with Crippen molar-refractivity contribution >= 4 is 22.8 Å². The molecule has 7 nitrogen and oxygen atoms in total. The van der Waals surface area contributed by atoms with Crippen molar-refractivity contribution in [1.82, 2.24) is 14.9 Å². The predicted molar refractivity (Wildman–Crippen MR) is 94.9 cm³/mol. The number of nitrogens with one attached hydrogen (secondary N) is 1. The molecule has 136 valence electrons. The Labute approximate surface area is 150 Å². The van der Waals surface area contributed by atoms with Gasteiger partial charge in [0.2, 0.25) is 0 Å². The molecular weight excluding hydrogens is 334 g/mol. The van der Waals surface area contributed by atoms with Gasteiger partial charge in [-0.1, -0.05) is 31.0 Å². The number of amides is 1. The van der Waals surface area contributed by atoms with Crippen molar-refractivity contribution in [2.45, 2.75) is 32.1 Å². The van der Waals surface area contributed by atoms with Gasteiger partial charge in [0, 0.05) is 18.5 Å². The largest absolute Gasteiger partial charge is 0.481 e. The van der Waals surface area contributed by atoms with Crippen LogP contribution in [0.2, 0.25) is 0 Å². The number of piperidine rings is 1. The highest BCUT2D eigenvalue weighted by atomic mass is 16.4. The molecule has 0 bridgehead atoms. The molecule has 1 saturated heterocycles. The van der Waals surface area contributed by atoms with Gasteiger partial charge in [-0.05, 0) is 31.2 Å². The standard InChI is InChI=1S/C19H21N3O4/c23-16(15-13-4-1-2-5-14(13)20-18(26)21-15)22-9-3-8-19(11-22,17(24)25)10-12-6-7-12/h1-2,4-5,12H,3,6-11H2,(H,24,25)(H,20,21,26). The minimum atomic E-state index is -0.883. The van der Waals surface area contributed by atoms with Crippen LogP contribution in [0.25, 0.3) is 10.9 Å². The van der Waals surface area contributed by atoms with Crippen molar-refractivity contribution in [3.63, 3.8) is 0 Å². The number of aromatic amines is 1. The SMILES string of the molecule is O=C(c1nc(=O)[nH]c2ccccc12)N1CCCC(CC2CC2)(C(=O)O)C1. The number of carbonyl (C=O) groups is 2. The van der Waals surface area contributed by atoms with Gasteiger partial charge >= 0.3 is 11.7 Å². The lowest BCUT2D eigenvalue weighted by Crippen LogP contribution is -2.50. The van der Waals surface area contributed by atoms with Crippen molar-refractivity contribution < 1.29 is 14.7 Å². The minimum absolute atomic E-state index is 0.0944. The van der Waals surface area contributed by atoms with E-state index in [9.17, 15) is 19.5 Å². The van der Waals surface area contributed by atoms with E-state index in [0.29, 0.717) is 42.6 Å². The highest BCUT2D eigenvalue weighted by Crippen LogP contribution is 2.45. The fourth-order valence-corrected chi connectivity index (χ4v) is 4.02. The van der Waals surface area contributed by atoms with Gasteiger partial charge < -0.3 is 15.0 Å². The zero-order valence-corrected chi connectivity index (χ0v) is 14.4. The summed E-state index contributed by atoms with van der Waals surface area (Å²) in [4.78, 5) is 45.0. The number of hydrogen-bond donors (Lipinski definition) is 2. The van der Waals surface area contributed by atoms with Crippen LogP contribution in [-0.4, -0.2) is 44.9 Å². The highest BCUT2D eigenvalue weighted by molar-refractivity contribution is 6.04. The van der Waals surface area contributed by atoms with Crippen LogP contribution >= 0.6 is 0 Å². The molecule has 1 aromatic heterocycles. The number of hydrogen-bond acceptors (Lipinski definition) is 4. The zero-order valence-electron chi connectivity index (χ0n) is 14.4. The topological polar surface area (TPSA) is 103 Å². The molecule has 2 heterocycles. The number of benzene rings is 1. The third kappa shape index (κ3) is 2.98. The van der Waals surface area contributed by atoms with Gasteiger partial charge in [0.25, 0.3) is 5.91 Å². The van der Waals surface area contributed by atoms with Crippen molar-refractivity contribution in [1.29, 1.82) is 0 Å². The summed E-state index contributed by atoms with van der Waals surface area (Å²) in [6, 6.07) is 7.02. The summed E-state index contributed by atoms with van der Waals surface area (Å²) in [5.41, 5.74) is -0.814. The molecule has 1 saturated carbocycles. The fraction of sp³-hybridized carbons (Fsp3) is 0.474. The van der Waals surface area contributed by atoms with Crippen molar-refractivity contribution in [3.8, 4) is 0 Å². The monoisotopic (exact) mass is 355 g/mol. The number of carboxylic acid groups (broad SMARTS) is 1. The van der Waals surface area contributed by atoms with Crippen LogP contribution in [0, 0.1) is 11.3 Å². The second-order valence-electron chi connectivity index (χ2n) is 7.50. The molecule has 1 aliphatic heterocycles. The number of H-pyrrole nitrogens is 1. The second-order valence-corrected chi connectivity index (χ2v) is 7.50. The smallest absolute Gasteiger partial charge is 0.346 e. The Morgan fingerprint density at radius 1 is 1.31 bits per heavy atom. The maximum absolute atomic E-state index is 13.1. The van der Waals surface area contributed by atoms with Gasteiger partial charge in [0.05, 0.1) is 10.9 Å². The molecule has 2 aromatic rings. The molecule has 0 radical (unpaired) electrons. The maximum atomic E-state index is 13.1. The molecule has 2 fully saturated rings. The summed E-state index contributed by atoms with van der Waals surface area (Å²) >= 11 is 0. The molecule has 2 aliphatic rings. The Hall–Kier alpha value is -2.70. The van der Waals surface area contributed by atoms with E-state index < -0.39 is 17.1 Å². The number of carboxylic acids is 1. The first kappa shape index (κ1) is 16.8. The van der Waals surface area contributed by atoms with Crippen molar-refractivity contribution in [3.05, 3.63) is 40.4 Å². The average Bonchev–Trinajstić information content (AvgIpc) is 3.44. The first-order valence-electron chi connectivity index (χ1n) is 9.00. The molecule has 1 unspecified atom stereocenters. The number of carbonyl (C=O) groups excluding carboxylic acids is 1. The van der Waals surface area contributed by atoms with Crippen molar-refractivity contribution in [2.75, 3.05) is 13.1 Å². The van der Waals surface area contributed by atoms with Crippen LogP contribution in [0.4, 0.5) is 0 Å². The fourth-order valence-electron chi connectivity index (χ4n) is 4.02. The maximum Gasteiger partial charge on any atom is 0.346 e. The Kier molecular flexibility index (Phi) is 4.01. The highest BCUT2D eigenvalue weighted by Gasteiger charge is 2.47. The number of likely N-dealkylation sites (tertiary alicyclic amines) is 1. The minimum Gasteiger partial charge on any atom is -0.481 e. The molecule has 7 heteroatoms. The number of fused-ring (bicyclic) bond motifs is 1. The Morgan fingerprint density at radius 2 is 2.08 bits per heavy atom. The summed E-state index contributed by atoms with van der Waals surface area (Å²) < 4.78 is 0. The van der Waals surface area contributed by atoms with Crippen molar-refractivity contribution in [2.24, 2.45) is 11.3 Å². The van der Waals surface area contributed by atoms with Gasteiger partial charge in [-0.25, -0.2) is 4.79 Å². The van der Waals surface area contributed by atoms with E-state index in [1.807, 2.05) is 0 Å². The Balaban J connectivity index is 1.68. The number of aliphatic carboxylic acids is 1. The number of aromatic nitrogens is 2. The molecule has 1 atom stereocenters. The Morgan fingerprint density at radius 3 is 2.81 bits per heavy atom. The predicted octanol–water partition coefficient (Wildman–Crippen LogP) is 2.03. The molecule has 4 rings (SSSR count). The van der Waals surface area contributed by atoms with E-state index in [4.69, 9.17) is 0 Å². The summed E-state index contributed by atoms with van der Waals surface area (Å²) in [5.74, 6) is -0.737. The number of para-hydroxylation sites is 1. The van der Waals surface area contributed by atoms with Gasteiger partial charge in [-0.3, -0.25) is 9.59 Å². The third-order valence-electron chi connectivity index (χ3n) is 5.53. The molecular formula is C19H21N3O4. The van der Waals surface area contributed by atoms with Crippen LogP contribution < -0.4 is 5.69 Å².